The second-order valence-corrected chi connectivity index (χ2v) is 6.35. The molecule has 1 aromatic carbocycles. The van der Waals surface area contributed by atoms with Crippen LogP contribution in [0, 0.1) is 11.8 Å². The third kappa shape index (κ3) is 4.45. The number of hydrogen-bond donors (Lipinski definition) is 1. The monoisotopic (exact) mass is 291 g/mol. The van der Waals surface area contributed by atoms with E-state index in [0.717, 1.165) is 24.1 Å². The summed E-state index contributed by atoms with van der Waals surface area (Å²) in [5.41, 5.74) is 1.19. The van der Waals surface area contributed by atoms with Gasteiger partial charge < -0.3 is 14.8 Å². The molecule has 2 rings (SSSR count). The summed E-state index contributed by atoms with van der Waals surface area (Å²) in [6.45, 7) is 5.53. The molecular weight excluding hydrogens is 262 g/mol. The van der Waals surface area contributed by atoms with Crippen LogP contribution in [-0.2, 0) is 4.74 Å². The van der Waals surface area contributed by atoms with E-state index in [1.54, 1.807) is 7.11 Å². The first-order valence-electron chi connectivity index (χ1n) is 8.08. The summed E-state index contributed by atoms with van der Waals surface area (Å²) in [4.78, 5) is 0. The van der Waals surface area contributed by atoms with E-state index >= 15 is 0 Å². The molecule has 3 nitrogen and oxygen atoms in total. The lowest BCUT2D eigenvalue weighted by molar-refractivity contribution is -0.0474. The highest BCUT2D eigenvalue weighted by Crippen LogP contribution is 2.34. The largest absolute Gasteiger partial charge is 0.497 e. The zero-order valence-corrected chi connectivity index (χ0v) is 13.8. The maximum atomic E-state index is 6.42. The van der Waals surface area contributed by atoms with Crippen LogP contribution >= 0.6 is 0 Å². The molecule has 0 radical (unpaired) electrons. The number of nitrogens with one attached hydrogen (secondary N) is 1. The van der Waals surface area contributed by atoms with Gasteiger partial charge in [0.2, 0.25) is 0 Å². The average molecular weight is 291 g/mol. The number of methoxy groups -OCH3 is 1. The van der Waals surface area contributed by atoms with Crippen LogP contribution in [0.4, 0.5) is 0 Å². The average Bonchev–Trinajstić information content (AvgIpc) is 2.50. The van der Waals surface area contributed by atoms with Crippen molar-refractivity contribution in [1.82, 2.24) is 5.32 Å². The molecule has 4 atom stereocenters. The summed E-state index contributed by atoms with van der Waals surface area (Å²) in [7, 11) is 3.68. The molecule has 0 bridgehead atoms. The second-order valence-electron chi connectivity index (χ2n) is 6.35. The van der Waals surface area contributed by atoms with Crippen LogP contribution in [0.15, 0.2) is 24.3 Å². The third-order valence-electron chi connectivity index (χ3n) is 4.76. The zero-order chi connectivity index (χ0) is 15.2. The first-order chi connectivity index (χ1) is 10.1. The van der Waals surface area contributed by atoms with Crippen molar-refractivity contribution in [3.63, 3.8) is 0 Å². The van der Waals surface area contributed by atoms with Crippen LogP contribution in [0.5, 0.6) is 5.75 Å². The van der Waals surface area contributed by atoms with Gasteiger partial charge in [-0.05, 0) is 55.8 Å². The first kappa shape index (κ1) is 16.3. The minimum atomic E-state index is 0.0932. The molecule has 21 heavy (non-hydrogen) atoms. The van der Waals surface area contributed by atoms with Gasteiger partial charge in [-0.2, -0.15) is 0 Å². The summed E-state index contributed by atoms with van der Waals surface area (Å²) >= 11 is 0. The Morgan fingerprint density at radius 3 is 2.71 bits per heavy atom. The lowest BCUT2D eigenvalue weighted by Crippen LogP contribution is -2.30. The second kappa shape index (κ2) is 7.81. The minimum Gasteiger partial charge on any atom is -0.497 e. The van der Waals surface area contributed by atoms with Gasteiger partial charge in [-0.15, -0.1) is 0 Å². The Morgan fingerprint density at radius 2 is 2.05 bits per heavy atom. The summed E-state index contributed by atoms with van der Waals surface area (Å²) in [5, 5.41) is 3.25. The molecule has 3 heteroatoms. The molecule has 0 amide bonds. The van der Waals surface area contributed by atoms with Crippen molar-refractivity contribution < 1.29 is 9.47 Å². The standard InChI is InChI=1S/C18H29NO2/c1-13-8-9-17(10-14(13)2)21-18(12-19-3)15-6-5-7-16(11-15)20-4/h5-7,11,13-14,17-19H,8-10,12H2,1-4H3. The summed E-state index contributed by atoms with van der Waals surface area (Å²) < 4.78 is 11.7. The highest BCUT2D eigenvalue weighted by molar-refractivity contribution is 5.30. The fourth-order valence-electron chi connectivity index (χ4n) is 3.13. The number of likely N-dealkylation sites (N-methyl/N-ethyl adjacent to an activating group) is 1. The van der Waals surface area contributed by atoms with Crippen LogP contribution in [0.2, 0.25) is 0 Å². The molecule has 0 saturated heterocycles. The van der Waals surface area contributed by atoms with Crippen molar-refractivity contribution in [3.05, 3.63) is 29.8 Å². The van der Waals surface area contributed by atoms with Crippen LogP contribution in [0.1, 0.15) is 44.8 Å². The van der Waals surface area contributed by atoms with Crippen LogP contribution in [-0.4, -0.2) is 26.8 Å². The fourth-order valence-corrected chi connectivity index (χ4v) is 3.13. The van der Waals surface area contributed by atoms with Gasteiger partial charge in [0.15, 0.2) is 0 Å². The molecule has 1 aliphatic rings. The molecule has 1 saturated carbocycles. The number of benzene rings is 1. The molecule has 118 valence electrons. The van der Waals surface area contributed by atoms with E-state index in [2.05, 4.69) is 31.3 Å². The molecule has 0 aliphatic heterocycles. The van der Waals surface area contributed by atoms with Crippen molar-refractivity contribution in [2.24, 2.45) is 11.8 Å². The molecular formula is C18H29NO2. The Morgan fingerprint density at radius 1 is 1.24 bits per heavy atom. The first-order valence-corrected chi connectivity index (χ1v) is 8.08. The van der Waals surface area contributed by atoms with E-state index in [4.69, 9.17) is 9.47 Å². The number of ether oxygens (including phenoxy) is 2. The lowest BCUT2D eigenvalue weighted by Gasteiger charge is -2.34. The van der Waals surface area contributed by atoms with Crippen molar-refractivity contribution in [3.8, 4) is 5.75 Å². The Bertz CT molecular complexity index is 435. The molecule has 1 aromatic rings. The SMILES string of the molecule is CNCC(OC1CCC(C)C(C)C1)c1cccc(OC)c1. The van der Waals surface area contributed by atoms with E-state index in [1.165, 1.54) is 24.8 Å². The quantitative estimate of drug-likeness (QED) is 0.865. The van der Waals surface area contributed by atoms with E-state index < -0.39 is 0 Å². The predicted molar refractivity (Wildman–Crippen MR) is 86.7 cm³/mol. The molecule has 0 spiro atoms. The molecule has 0 aromatic heterocycles. The smallest absolute Gasteiger partial charge is 0.119 e. The van der Waals surface area contributed by atoms with E-state index in [1.807, 2.05) is 19.2 Å². The Labute approximate surface area is 129 Å². The van der Waals surface area contributed by atoms with Crippen molar-refractivity contribution in [1.29, 1.82) is 0 Å². The maximum absolute atomic E-state index is 6.42. The van der Waals surface area contributed by atoms with E-state index in [-0.39, 0.29) is 6.10 Å². The van der Waals surface area contributed by atoms with Crippen LogP contribution in [0.25, 0.3) is 0 Å². The lowest BCUT2D eigenvalue weighted by atomic mass is 9.80. The molecule has 4 unspecified atom stereocenters. The highest BCUT2D eigenvalue weighted by Gasteiger charge is 2.27. The van der Waals surface area contributed by atoms with Gasteiger partial charge >= 0.3 is 0 Å². The molecule has 1 N–H and O–H groups in total. The zero-order valence-electron chi connectivity index (χ0n) is 13.8. The highest BCUT2D eigenvalue weighted by atomic mass is 16.5. The van der Waals surface area contributed by atoms with Gasteiger partial charge in [-0.3, -0.25) is 0 Å². The molecule has 0 heterocycles. The van der Waals surface area contributed by atoms with Gasteiger partial charge in [0.1, 0.15) is 5.75 Å². The number of rotatable bonds is 6. The number of hydrogen-bond acceptors (Lipinski definition) is 3. The van der Waals surface area contributed by atoms with E-state index in [9.17, 15) is 0 Å². The Balaban J connectivity index is 2.04. The normalized spacial score (nSPS) is 27.3. The summed E-state index contributed by atoms with van der Waals surface area (Å²) in [6.07, 6.45) is 4.09. The van der Waals surface area contributed by atoms with Gasteiger partial charge in [0.25, 0.3) is 0 Å². The maximum Gasteiger partial charge on any atom is 0.119 e. The van der Waals surface area contributed by atoms with Gasteiger partial charge in [-0.1, -0.05) is 26.0 Å². The van der Waals surface area contributed by atoms with Crippen molar-refractivity contribution in [2.75, 3.05) is 20.7 Å². The van der Waals surface area contributed by atoms with Crippen molar-refractivity contribution in [2.45, 2.75) is 45.3 Å². The minimum absolute atomic E-state index is 0.0932. The summed E-state index contributed by atoms with van der Waals surface area (Å²) in [6, 6.07) is 8.21. The van der Waals surface area contributed by atoms with Crippen LogP contribution in [0.3, 0.4) is 0 Å². The van der Waals surface area contributed by atoms with Crippen molar-refractivity contribution >= 4 is 0 Å². The Kier molecular flexibility index (Phi) is 6.07. The summed E-state index contributed by atoms with van der Waals surface area (Å²) in [5.74, 6) is 2.47. The molecule has 1 fully saturated rings. The fraction of sp³-hybridized carbons (Fsp3) is 0.667. The topological polar surface area (TPSA) is 30.5 Å². The van der Waals surface area contributed by atoms with Gasteiger partial charge in [-0.25, -0.2) is 0 Å². The van der Waals surface area contributed by atoms with Crippen LogP contribution < -0.4 is 10.1 Å². The Hall–Kier alpha value is -1.06. The molecule has 1 aliphatic carbocycles. The predicted octanol–water partition coefficient (Wildman–Crippen LogP) is 3.80. The van der Waals surface area contributed by atoms with Gasteiger partial charge in [0, 0.05) is 6.54 Å². The third-order valence-corrected chi connectivity index (χ3v) is 4.76. The van der Waals surface area contributed by atoms with E-state index in [0.29, 0.717) is 6.10 Å². The van der Waals surface area contributed by atoms with Gasteiger partial charge in [0.05, 0.1) is 19.3 Å².